The van der Waals surface area contributed by atoms with Gasteiger partial charge in [-0.2, -0.15) is 0 Å². The van der Waals surface area contributed by atoms with Crippen molar-refractivity contribution in [1.82, 2.24) is 4.98 Å². The largest absolute Gasteiger partial charge is 0.256 e. The lowest BCUT2D eigenvalue weighted by Gasteiger charge is -2.09. The molecule has 130 valence electrons. The number of halogens is 1. The molecule has 3 aromatic carbocycles. The normalized spacial score (nSPS) is 13.4. The summed E-state index contributed by atoms with van der Waals surface area (Å²) in [7, 11) is 0. The molecular weight excluding hydrogens is 353 g/mol. The van der Waals surface area contributed by atoms with E-state index in [0.717, 1.165) is 26.6 Å². The molecule has 3 heteroatoms. The molecule has 5 rings (SSSR count). The van der Waals surface area contributed by atoms with Crippen LogP contribution >= 0.6 is 11.3 Å². The molecule has 0 saturated heterocycles. The maximum Gasteiger partial charge on any atom is 0.141 e. The summed E-state index contributed by atoms with van der Waals surface area (Å²) in [5.41, 5.74) is 3.19. The van der Waals surface area contributed by atoms with Crippen LogP contribution in [0.4, 0.5) is 4.39 Å². The highest BCUT2D eigenvalue weighted by atomic mass is 32.1. The minimum absolute atomic E-state index is 0.215. The minimum atomic E-state index is -2.27. The van der Waals surface area contributed by atoms with Gasteiger partial charge in [-0.15, -0.1) is 11.3 Å². The Bertz CT molecular complexity index is 1390. The maximum atomic E-state index is 14.4. The molecule has 0 saturated carbocycles. The van der Waals surface area contributed by atoms with Crippen LogP contribution in [0.3, 0.4) is 0 Å². The molecule has 5 aromatic rings. The van der Waals surface area contributed by atoms with E-state index in [-0.39, 0.29) is 11.4 Å². The summed E-state index contributed by atoms with van der Waals surface area (Å²) < 4.78 is 39.7. The highest BCUT2D eigenvalue weighted by Crippen LogP contribution is 2.41. The summed E-state index contributed by atoms with van der Waals surface area (Å²) in [4.78, 5) is 4.50. The molecular formula is C24H16FNS. The molecule has 0 radical (unpaired) electrons. The first-order chi connectivity index (χ1) is 14.4. The fraction of sp³-hybridized carbons (Fsp3) is 0.0417. The first-order valence-electron chi connectivity index (χ1n) is 10.1. The monoisotopic (exact) mass is 372 g/mol. The summed E-state index contributed by atoms with van der Waals surface area (Å²) in [6, 6.07) is 22.2. The van der Waals surface area contributed by atoms with Gasteiger partial charge in [0, 0.05) is 31.3 Å². The third-order valence-electron chi connectivity index (χ3n) is 4.74. The van der Waals surface area contributed by atoms with Gasteiger partial charge in [0.2, 0.25) is 0 Å². The molecule has 0 spiro atoms. The van der Waals surface area contributed by atoms with E-state index in [0.29, 0.717) is 16.0 Å². The van der Waals surface area contributed by atoms with Crippen LogP contribution in [0.25, 0.3) is 42.6 Å². The van der Waals surface area contributed by atoms with Gasteiger partial charge in [0.1, 0.15) is 5.82 Å². The van der Waals surface area contributed by atoms with Crippen LogP contribution in [-0.2, 0) is 0 Å². The number of rotatable bonds is 2. The van der Waals surface area contributed by atoms with E-state index in [1.807, 2.05) is 60.7 Å². The molecule has 0 aliphatic rings. The average molecular weight is 372 g/mol. The Balaban J connectivity index is 1.78. The van der Waals surface area contributed by atoms with Crippen molar-refractivity contribution in [3.05, 3.63) is 90.4 Å². The second-order valence-electron chi connectivity index (χ2n) is 6.38. The lowest BCUT2D eigenvalue weighted by molar-refractivity contribution is 0.642. The van der Waals surface area contributed by atoms with Crippen molar-refractivity contribution in [3.63, 3.8) is 0 Å². The minimum Gasteiger partial charge on any atom is -0.256 e. The average Bonchev–Trinajstić information content (AvgIpc) is 3.14. The van der Waals surface area contributed by atoms with E-state index < -0.39 is 6.85 Å². The molecule has 0 amide bonds. The van der Waals surface area contributed by atoms with Crippen molar-refractivity contribution in [1.29, 1.82) is 0 Å². The Kier molecular flexibility index (Phi) is 3.07. The lowest BCUT2D eigenvalue weighted by atomic mass is 9.99. The fourth-order valence-electron chi connectivity index (χ4n) is 3.45. The molecule has 0 bridgehead atoms. The Labute approximate surface area is 165 Å². The van der Waals surface area contributed by atoms with Crippen LogP contribution < -0.4 is 0 Å². The molecule has 0 N–H and O–H groups in total. The van der Waals surface area contributed by atoms with Crippen molar-refractivity contribution in [2.45, 2.75) is 6.85 Å². The number of hydrogen-bond acceptors (Lipinski definition) is 2. The van der Waals surface area contributed by atoms with Gasteiger partial charge in [0.15, 0.2) is 0 Å². The summed E-state index contributed by atoms with van der Waals surface area (Å²) in [6.07, 6.45) is 1.44. The standard InChI is InChI=1S/C24H16FNS/c1-15-14-26-22(13-20(15)16-7-3-2-4-8-16)19-11-5-9-17-18-10-6-12-21(25)24(18)27-23(17)19/h2-14H,1H3/i1D3. The Morgan fingerprint density at radius 1 is 0.852 bits per heavy atom. The number of hydrogen-bond donors (Lipinski definition) is 0. The van der Waals surface area contributed by atoms with Crippen LogP contribution in [-0.4, -0.2) is 4.98 Å². The van der Waals surface area contributed by atoms with Crippen molar-refractivity contribution < 1.29 is 8.50 Å². The van der Waals surface area contributed by atoms with Gasteiger partial charge < -0.3 is 0 Å². The highest BCUT2D eigenvalue weighted by Gasteiger charge is 2.14. The summed E-state index contributed by atoms with van der Waals surface area (Å²) >= 11 is 1.40. The van der Waals surface area contributed by atoms with Gasteiger partial charge in [0.25, 0.3) is 0 Å². The predicted octanol–water partition coefficient (Wildman–Crippen LogP) is 7.23. The number of thiophene rings is 1. The van der Waals surface area contributed by atoms with E-state index in [9.17, 15) is 4.39 Å². The van der Waals surface area contributed by atoms with E-state index >= 15 is 0 Å². The van der Waals surface area contributed by atoms with Crippen molar-refractivity contribution in [3.8, 4) is 22.4 Å². The molecule has 2 heterocycles. The molecule has 27 heavy (non-hydrogen) atoms. The van der Waals surface area contributed by atoms with Crippen molar-refractivity contribution >= 4 is 31.5 Å². The zero-order valence-corrected chi connectivity index (χ0v) is 15.1. The lowest BCUT2D eigenvalue weighted by Crippen LogP contribution is -1.89. The van der Waals surface area contributed by atoms with Crippen LogP contribution in [0, 0.1) is 12.7 Å². The second-order valence-corrected chi connectivity index (χ2v) is 7.40. The zero-order valence-electron chi connectivity index (χ0n) is 17.2. The number of aryl methyl sites for hydroxylation is 1. The molecule has 0 unspecified atom stereocenters. The molecule has 2 aromatic heterocycles. The number of pyridine rings is 1. The predicted molar refractivity (Wildman–Crippen MR) is 113 cm³/mol. The molecule has 0 aliphatic heterocycles. The Hall–Kier alpha value is -3.04. The topological polar surface area (TPSA) is 12.9 Å². The number of aromatic nitrogens is 1. The Morgan fingerprint density at radius 3 is 2.44 bits per heavy atom. The van der Waals surface area contributed by atoms with Gasteiger partial charge in [0.05, 0.1) is 10.4 Å². The van der Waals surface area contributed by atoms with E-state index in [4.69, 9.17) is 4.11 Å². The summed E-state index contributed by atoms with van der Waals surface area (Å²) in [5.74, 6) is -0.240. The van der Waals surface area contributed by atoms with Gasteiger partial charge in [-0.3, -0.25) is 4.98 Å². The summed E-state index contributed by atoms with van der Waals surface area (Å²) in [5, 5.41) is 1.84. The van der Waals surface area contributed by atoms with Gasteiger partial charge in [-0.05, 0) is 35.7 Å². The number of fused-ring (bicyclic) bond motifs is 3. The summed E-state index contributed by atoms with van der Waals surface area (Å²) in [6.45, 7) is -2.27. The van der Waals surface area contributed by atoms with Crippen LogP contribution in [0.15, 0.2) is 79.0 Å². The smallest absolute Gasteiger partial charge is 0.141 e. The Morgan fingerprint density at radius 2 is 1.63 bits per heavy atom. The maximum absolute atomic E-state index is 14.4. The molecule has 0 aliphatic carbocycles. The highest BCUT2D eigenvalue weighted by molar-refractivity contribution is 7.26. The quantitative estimate of drug-likeness (QED) is 0.318. The SMILES string of the molecule is [2H]C([2H])([2H])c1cnc(-c2cccc3c2sc2c(F)cccc23)cc1-c1ccccc1. The molecule has 0 fully saturated rings. The first-order valence-corrected chi connectivity index (χ1v) is 9.41. The van der Waals surface area contributed by atoms with Crippen LogP contribution in [0.1, 0.15) is 9.68 Å². The van der Waals surface area contributed by atoms with Crippen molar-refractivity contribution in [2.75, 3.05) is 0 Å². The van der Waals surface area contributed by atoms with E-state index in [2.05, 4.69) is 4.98 Å². The molecule has 1 nitrogen and oxygen atoms in total. The number of benzene rings is 3. The van der Waals surface area contributed by atoms with E-state index in [1.54, 1.807) is 6.07 Å². The zero-order chi connectivity index (χ0) is 20.9. The van der Waals surface area contributed by atoms with Crippen molar-refractivity contribution in [2.24, 2.45) is 0 Å². The van der Waals surface area contributed by atoms with E-state index in [1.165, 1.54) is 23.6 Å². The fourth-order valence-corrected chi connectivity index (χ4v) is 4.67. The third kappa shape index (κ3) is 2.63. The second kappa shape index (κ2) is 6.29. The third-order valence-corrected chi connectivity index (χ3v) is 6.00. The van der Waals surface area contributed by atoms with Crippen LogP contribution in [0.5, 0.6) is 0 Å². The van der Waals surface area contributed by atoms with Gasteiger partial charge in [-0.25, -0.2) is 4.39 Å². The van der Waals surface area contributed by atoms with Crippen LogP contribution in [0.2, 0.25) is 0 Å². The molecule has 0 atom stereocenters. The van der Waals surface area contributed by atoms with Gasteiger partial charge in [-0.1, -0.05) is 60.7 Å². The number of nitrogens with zero attached hydrogens (tertiary/aromatic N) is 1. The first kappa shape index (κ1) is 13.2. The van der Waals surface area contributed by atoms with Gasteiger partial charge >= 0.3 is 0 Å².